The summed E-state index contributed by atoms with van der Waals surface area (Å²) in [4.78, 5) is 17.3. The Balaban J connectivity index is 1.54. The van der Waals surface area contributed by atoms with Crippen LogP contribution in [0.2, 0.25) is 10.0 Å². The van der Waals surface area contributed by atoms with Crippen molar-refractivity contribution in [1.29, 1.82) is 0 Å². The molecule has 0 aliphatic carbocycles. The monoisotopic (exact) mass is 512 g/mol. The molecule has 1 saturated heterocycles. The third-order valence-electron chi connectivity index (χ3n) is 6.47. The number of pyridine rings is 1. The maximum Gasteiger partial charge on any atom is 0.251 e. The largest absolute Gasteiger partial charge is 0.482 e. The zero-order valence-corrected chi connectivity index (χ0v) is 21.4. The molecule has 3 aromatic rings. The van der Waals surface area contributed by atoms with Crippen molar-refractivity contribution in [3.63, 3.8) is 0 Å². The minimum atomic E-state index is -0.441. The highest BCUT2D eigenvalue weighted by atomic mass is 35.5. The highest BCUT2D eigenvalue weighted by molar-refractivity contribution is 6.36. The van der Waals surface area contributed by atoms with Gasteiger partial charge in [0.25, 0.3) is 5.91 Å². The minimum absolute atomic E-state index is 0.0764. The van der Waals surface area contributed by atoms with Gasteiger partial charge in [-0.1, -0.05) is 48.3 Å². The third-order valence-corrected chi connectivity index (χ3v) is 7.13. The van der Waals surface area contributed by atoms with Crippen molar-refractivity contribution in [2.45, 2.75) is 38.8 Å². The molecule has 35 heavy (non-hydrogen) atoms. The van der Waals surface area contributed by atoms with Crippen molar-refractivity contribution in [1.82, 2.24) is 15.6 Å². The van der Waals surface area contributed by atoms with Crippen LogP contribution in [0.3, 0.4) is 0 Å². The number of nitrogens with zero attached hydrogens (tertiary/aromatic N) is 1. The summed E-state index contributed by atoms with van der Waals surface area (Å²) in [5, 5.41) is 7.63. The van der Waals surface area contributed by atoms with E-state index in [-0.39, 0.29) is 17.8 Å². The smallest absolute Gasteiger partial charge is 0.251 e. The van der Waals surface area contributed by atoms with E-state index in [4.69, 9.17) is 33.7 Å². The number of carbonyl (C=O) groups is 1. The van der Waals surface area contributed by atoms with E-state index < -0.39 is 6.10 Å². The number of ether oxygens (including phenoxy) is 1. The number of halogens is 2. The summed E-state index contributed by atoms with van der Waals surface area (Å²) in [7, 11) is 0. The third kappa shape index (κ3) is 5.89. The number of hydrogen-bond acceptors (Lipinski definition) is 5. The first-order valence-corrected chi connectivity index (χ1v) is 12.6. The molecule has 0 saturated carbocycles. The van der Waals surface area contributed by atoms with Gasteiger partial charge in [-0.05, 0) is 74.7 Å². The maximum absolute atomic E-state index is 13.0. The zero-order valence-electron chi connectivity index (χ0n) is 19.9. The molecule has 1 aliphatic heterocycles. The Morgan fingerprint density at radius 1 is 1.20 bits per heavy atom. The van der Waals surface area contributed by atoms with Crippen LogP contribution in [0.25, 0.3) is 11.1 Å². The summed E-state index contributed by atoms with van der Waals surface area (Å²) in [5.41, 5.74) is 9.02. The number of benzene rings is 2. The highest BCUT2D eigenvalue weighted by Gasteiger charge is 2.25. The molecule has 2 heterocycles. The Morgan fingerprint density at radius 2 is 1.94 bits per heavy atom. The van der Waals surface area contributed by atoms with Crippen LogP contribution in [-0.4, -0.2) is 30.0 Å². The Labute approximate surface area is 216 Å². The molecule has 1 fully saturated rings. The van der Waals surface area contributed by atoms with Crippen molar-refractivity contribution in [2.75, 3.05) is 18.8 Å². The van der Waals surface area contributed by atoms with E-state index >= 15 is 0 Å². The van der Waals surface area contributed by atoms with Crippen LogP contribution in [0.1, 0.15) is 48.7 Å². The van der Waals surface area contributed by atoms with Gasteiger partial charge in [0.2, 0.25) is 0 Å². The lowest BCUT2D eigenvalue weighted by molar-refractivity contribution is 0.0922. The van der Waals surface area contributed by atoms with Crippen molar-refractivity contribution in [2.24, 2.45) is 5.92 Å². The molecule has 6 nitrogen and oxygen atoms in total. The van der Waals surface area contributed by atoms with E-state index in [0.717, 1.165) is 37.1 Å². The molecule has 1 aliphatic rings. The van der Waals surface area contributed by atoms with Crippen molar-refractivity contribution >= 4 is 34.9 Å². The molecule has 8 heteroatoms. The standard InChI is InChI=1S/C27H30Cl2N4O2/c1-3-23(19-10-11-31-14-19)33-27(34)18-7-4-6-17(12-18)20-13-24(26(30)32-15-20)35-16(2)25-21(28)8-5-9-22(25)29/h4-9,12-13,15-16,19,23,31H,3,10-11,14H2,1-2H3,(H2,30,32)(H,33,34). The Bertz CT molecular complexity index is 1180. The summed E-state index contributed by atoms with van der Waals surface area (Å²) in [6.45, 7) is 5.91. The molecule has 0 radical (unpaired) electrons. The number of anilines is 1. The van der Waals surface area contributed by atoms with E-state index in [2.05, 4.69) is 22.5 Å². The van der Waals surface area contributed by atoms with Crippen LogP contribution in [0, 0.1) is 5.92 Å². The van der Waals surface area contributed by atoms with Gasteiger partial charge in [-0.3, -0.25) is 4.79 Å². The lowest BCUT2D eigenvalue weighted by atomic mass is 9.96. The molecule has 184 valence electrons. The summed E-state index contributed by atoms with van der Waals surface area (Å²) >= 11 is 12.7. The number of carbonyl (C=O) groups excluding carboxylic acids is 1. The maximum atomic E-state index is 13.0. The predicted molar refractivity (Wildman–Crippen MR) is 142 cm³/mol. The van der Waals surface area contributed by atoms with Gasteiger partial charge in [0.1, 0.15) is 6.10 Å². The lowest BCUT2D eigenvalue weighted by Crippen LogP contribution is -2.40. The first-order valence-electron chi connectivity index (χ1n) is 11.9. The predicted octanol–water partition coefficient (Wildman–Crippen LogP) is 5.90. The fraction of sp³-hybridized carbons (Fsp3) is 0.333. The van der Waals surface area contributed by atoms with E-state index in [1.54, 1.807) is 24.4 Å². The average Bonchev–Trinajstić information content (AvgIpc) is 3.38. The Morgan fingerprint density at radius 3 is 2.63 bits per heavy atom. The second kappa shape index (κ2) is 11.3. The van der Waals surface area contributed by atoms with Crippen LogP contribution in [0.15, 0.2) is 54.7 Å². The van der Waals surface area contributed by atoms with Gasteiger partial charge >= 0.3 is 0 Å². The summed E-state index contributed by atoms with van der Waals surface area (Å²) in [6, 6.07) is 14.8. The van der Waals surface area contributed by atoms with Gasteiger partial charge in [-0.2, -0.15) is 0 Å². The molecule has 3 unspecified atom stereocenters. The second-order valence-electron chi connectivity index (χ2n) is 8.82. The number of rotatable bonds is 8. The molecule has 4 N–H and O–H groups in total. The van der Waals surface area contributed by atoms with Crippen molar-refractivity contribution in [3.05, 3.63) is 75.9 Å². The molecular formula is C27H30Cl2N4O2. The fourth-order valence-corrected chi connectivity index (χ4v) is 5.23. The summed E-state index contributed by atoms with van der Waals surface area (Å²) < 4.78 is 6.12. The fourth-order valence-electron chi connectivity index (χ4n) is 4.52. The second-order valence-corrected chi connectivity index (χ2v) is 9.64. The number of amides is 1. The number of aromatic nitrogens is 1. The van der Waals surface area contributed by atoms with Crippen LogP contribution in [-0.2, 0) is 0 Å². The van der Waals surface area contributed by atoms with Crippen LogP contribution in [0.5, 0.6) is 5.75 Å². The van der Waals surface area contributed by atoms with E-state index in [1.807, 2.05) is 37.3 Å². The zero-order chi connectivity index (χ0) is 24.9. The highest BCUT2D eigenvalue weighted by Crippen LogP contribution is 2.35. The lowest BCUT2D eigenvalue weighted by Gasteiger charge is -2.23. The number of nitrogen functional groups attached to an aromatic ring is 1. The topological polar surface area (TPSA) is 89.3 Å². The van der Waals surface area contributed by atoms with Gasteiger partial charge in [-0.15, -0.1) is 0 Å². The molecule has 1 amide bonds. The molecule has 3 atom stereocenters. The van der Waals surface area contributed by atoms with Crippen molar-refractivity contribution < 1.29 is 9.53 Å². The van der Waals surface area contributed by atoms with Gasteiger partial charge in [0.15, 0.2) is 11.6 Å². The first-order chi connectivity index (χ1) is 16.9. The summed E-state index contributed by atoms with van der Waals surface area (Å²) in [5.74, 6) is 1.06. The van der Waals surface area contributed by atoms with Gasteiger partial charge in [-0.25, -0.2) is 4.98 Å². The van der Waals surface area contributed by atoms with E-state index in [9.17, 15) is 4.79 Å². The van der Waals surface area contributed by atoms with E-state index in [0.29, 0.717) is 32.8 Å². The molecular weight excluding hydrogens is 483 g/mol. The van der Waals surface area contributed by atoms with Crippen LogP contribution in [0.4, 0.5) is 5.82 Å². The molecule has 2 aromatic carbocycles. The average molecular weight is 513 g/mol. The van der Waals surface area contributed by atoms with Crippen LogP contribution >= 0.6 is 23.2 Å². The normalized spacial score (nSPS) is 17.1. The van der Waals surface area contributed by atoms with Gasteiger partial charge in [0, 0.05) is 39.0 Å². The van der Waals surface area contributed by atoms with Gasteiger partial charge in [0.05, 0.1) is 0 Å². The van der Waals surface area contributed by atoms with Crippen LogP contribution < -0.4 is 21.1 Å². The SMILES string of the molecule is CCC(NC(=O)c1cccc(-c2cnc(N)c(OC(C)c3c(Cl)cccc3Cl)c2)c1)C1CCNC1. The van der Waals surface area contributed by atoms with Gasteiger partial charge < -0.3 is 21.1 Å². The molecule has 0 spiro atoms. The minimum Gasteiger partial charge on any atom is -0.482 e. The van der Waals surface area contributed by atoms with Crippen molar-refractivity contribution in [3.8, 4) is 16.9 Å². The quantitative estimate of drug-likeness (QED) is 0.349. The first kappa shape index (κ1) is 25.3. The summed E-state index contributed by atoms with van der Waals surface area (Å²) in [6.07, 6.45) is 3.21. The molecule has 1 aromatic heterocycles. The Kier molecular flexibility index (Phi) is 8.16. The Hall–Kier alpha value is -2.80. The number of nitrogens with one attached hydrogen (secondary N) is 2. The number of nitrogens with two attached hydrogens (primary N) is 1. The molecule has 4 rings (SSSR count). The molecule has 0 bridgehead atoms. The van der Waals surface area contributed by atoms with E-state index in [1.165, 1.54) is 0 Å². The number of hydrogen-bond donors (Lipinski definition) is 3.